The van der Waals surface area contributed by atoms with Crippen LogP contribution in [0, 0.1) is 23.2 Å². The Morgan fingerprint density at radius 1 is 0.897 bits per heavy atom. The average molecular weight is 389 g/mol. The van der Waals surface area contributed by atoms with E-state index < -0.39 is 0 Å². The number of amides is 2. The zero-order valence-electron chi connectivity index (χ0n) is 16.9. The molecule has 0 bridgehead atoms. The normalized spacial score (nSPS) is 18.7. The first-order chi connectivity index (χ1) is 14.0. The van der Waals surface area contributed by atoms with Crippen LogP contribution in [0.3, 0.4) is 0 Å². The van der Waals surface area contributed by atoms with Gasteiger partial charge in [-0.05, 0) is 61.4 Å². The van der Waals surface area contributed by atoms with Crippen LogP contribution in [0.4, 0.5) is 11.4 Å². The lowest BCUT2D eigenvalue weighted by molar-refractivity contribution is -0.125. The van der Waals surface area contributed by atoms with E-state index in [-0.39, 0.29) is 23.7 Å². The molecule has 2 amide bonds. The van der Waals surface area contributed by atoms with E-state index in [0.717, 1.165) is 5.69 Å². The molecular formula is C24H27N3O2. The summed E-state index contributed by atoms with van der Waals surface area (Å²) in [4.78, 5) is 25.2. The lowest BCUT2D eigenvalue weighted by Crippen LogP contribution is -2.32. The van der Waals surface area contributed by atoms with Crippen LogP contribution in [0.1, 0.15) is 56.6 Å². The van der Waals surface area contributed by atoms with Crippen molar-refractivity contribution < 1.29 is 9.59 Å². The molecule has 0 spiro atoms. The van der Waals surface area contributed by atoms with Crippen LogP contribution in [-0.4, -0.2) is 11.8 Å². The topological polar surface area (TPSA) is 82.0 Å². The summed E-state index contributed by atoms with van der Waals surface area (Å²) < 4.78 is 0. The van der Waals surface area contributed by atoms with Gasteiger partial charge in [-0.3, -0.25) is 9.59 Å². The standard InChI is InChI=1S/C24H27N3O2/c1-16(2)17-11-13-21(14-12-17)26-23(28)18-7-9-19(10-8-18)24(29)27-22-6-4-3-5-20(22)15-25/h3-6,11-14,16,18-19H,7-10H2,1-2H3,(H,26,28)(H,27,29). The highest BCUT2D eigenvalue weighted by atomic mass is 16.2. The fourth-order valence-corrected chi connectivity index (χ4v) is 3.74. The maximum Gasteiger partial charge on any atom is 0.227 e. The van der Waals surface area contributed by atoms with Crippen LogP contribution < -0.4 is 10.6 Å². The number of benzene rings is 2. The van der Waals surface area contributed by atoms with Crippen molar-refractivity contribution in [1.82, 2.24) is 0 Å². The second-order valence-corrected chi connectivity index (χ2v) is 7.96. The molecule has 0 heterocycles. The predicted molar refractivity (Wildman–Crippen MR) is 114 cm³/mol. The second kappa shape index (κ2) is 9.38. The highest BCUT2D eigenvalue weighted by Gasteiger charge is 2.30. The zero-order chi connectivity index (χ0) is 20.8. The van der Waals surface area contributed by atoms with Gasteiger partial charge in [0.25, 0.3) is 0 Å². The Balaban J connectivity index is 1.51. The molecule has 1 fully saturated rings. The van der Waals surface area contributed by atoms with Gasteiger partial charge in [0.2, 0.25) is 11.8 Å². The van der Waals surface area contributed by atoms with Crippen LogP contribution in [-0.2, 0) is 9.59 Å². The molecule has 0 aromatic heterocycles. The van der Waals surface area contributed by atoms with Crippen LogP contribution in [0.2, 0.25) is 0 Å². The molecule has 1 aliphatic rings. The molecule has 1 saturated carbocycles. The maximum atomic E-state index is 12.6. The van der Waals surface area contributed by atoms with E-state index in [1.807, 2.05) is 24.3 Å². The van der Waals surface area contributed by atoms with Crippen molar-refractivity contribution in [2.75, 3.05) is 10.6 Å². The van der Waals surface area contributed by atoms with E-state index in [1.165, 1.54) is 5.56 Å². The number of carbonyl (C=O) groups excluding carboxylic acids is 2. The van der Waals surface area contributed by atoms with E-state index in [9.17, 15) is 9.59 Å². The molecule has 5 heteroatoms. The quantitative estimate of drug-likeness (QED) is 0.749. The number of carbonyl (C=O) groups is 2. The Hall–Kier alpha value is -3.13. The number of hydrogen-bond acceptors (Lipinski definition) is 3. The van der Waals surface area contributed by atoms with Gasteiger partial charge in [-0.2, -0.15) is 5.26 Å². The summed E-state index contributed by atoms with van der Waals surface area (Å²) in [6, 6.07) is 17.1. The fraction of sp³-hybridized carbons (Fsp3) is 0.375. The van der Waals surface area contributed by atoms with Crippen molar-refractivity contribution in [2.24, 2.45) is 11.8 Å². The number of anilines is 2. The molecule has 2 N–H and O–H groups in total. The Labute approximate surface area is 172 Å². The van der Waals surface area contributed by atoms with E-state index in [2.05, 4.69) is 30.6 Å². The highest BCUT2D eigenvalue weighted by molar-refractivity contribution is 5.95. The van der Waals surface area contributed by atoms with E-state index in [1.54, 1.807) is 24.3 Å². The van der Waals surface area contributed by atoms with Crippen LogP contribution in [0.5, 0.6) is 0 Å². The largest absolute Gasteiger partial charge is 0.326 e. The van der Waals surface area contributed by atoms with Crippen LogP contribution >= 0.6 is 0 Å². The predicted octanol–water partition coefficient (Wildman–Crippen LogP) is 5.07. The molecule has 29 heavy (non-hydrogen) atoms. The van der Waals surface area contributed by atoms with Gasteiger partial charge < -0.3 is 10.6 Å². The SMILES string of the molecule is CC(C)c1ccc(NC(=O)C2CCC(C(=O)Nc3ccccc3C#N)CC2)cc1. The van der Waals surface area contributed by atoms with Gasteiger partial charge in [-0.1, -0.05) is 38.1 Å². The monoisotopic (exact) mass is 389 g/mol. The molecule has 0 aliphatic heterocycles. The second-order valence-electron chi connectivity index (χ2n) is 7.96. The number of hydrogen-bond donors (Lipinski definition) is 2. The average Bonchev–Trinajstić information content (AvgIpc) is 2.74. The lowest BCUT2D eigenvalue weighted by atomic mass is 9.81. The molecule has 0 saturated heterocycles. The van der Waals surface area contributed by atoms with Crippen molar-refractivity contribution in [2.45, 2.75) is 45.4 Å². The summed E-state index contributed by atoms with van der Waals surface area (Å²) >= 11 is 0. The molecule has 2 aromatic carbocycles. The minimum atomic E-state index is -0.129. The smallest absolute Gasteiger partial charge is 0.227 e. The lowest BCUT2D eigenvalue weighted by Gasteiger charge is -2.27. The van der Waals surface area contributed by atoms with Crippen molar-refractivity contribution in [3.63, 3.8) is 0 Å². The molecule has 1 aliphatic carbocycles. The first-order valence-corrected chi connectivity index (χ1v) is 10.2. The number of nitrogens with one attached hydrogen (secondary N) is 2. The highest BCUT2D eigenvalue weighted by Crippen LogP contribution is 2.31. The van der Waals surface area contributed by atoms with Gasteiger partial charge >= 0.3 is 0 Å². The molecule has 5 nitrogen and oxygen atoms in total. The number of para-hydroxylation sites is 1. The van der Waals surface area contributed by atoms with E-state index in [0.29, 0.717) is 42.9 Å². The van der Waals surface area contributed by atoms with E-state index >= 15 is 0 Å². The Morgan fingerprint density at radius 2 is 1.45 bits per heavy atom. The summed E-state index contributed by atoms with van der Waals surface area (Å²) in [5.41, 5.74) is 3.06. The number of rotatable bonds is 5. The van der Waals surface area contributed by atoms with Gasteiger partial charge in [0.15, 0.2) is 0 Å². The molecule has 0 radical (unpaired) electrons. The first kappa shape index (κ1) is 20.6. The van der Waals surface area contributed by atoms with E-state index in [4.69, 9.17) is 5.26 Å². The number of nitriles is 1. The molecule has 0 unspecified atom stereocenters. The summed E-state index contributed by atoms with van der Waals surface area (Å²) in [6.45, 7) is 4.28. The summed E-state index contributed by atoms with van der Waals surface area (Å²) in [7, 11) is 0. The van der Waals surface area contributed by atoms with Crippen molar-refractivity contribution in [1.29, 1.82) is 5.26 Å². The molecular weight excluding hydrogens is 362 g/mol. The minimum absolute atomic E-state index is 0.0241. The van der Waals surface area contributed by atoms with Gasteiger partial charge in [0.05, 0.1) is 11.3 Å². The molecule has 150 valence electrons. The van der Waals surface area contributed by atoms with Gasteiger partial charge in [0, 0.05) is 17.5 Å². The molecule has 0 atom stereocenters. The first-order valence-electron chi connectivity index (χ1n) is 10.2. The molecule has 3 rings (SSSR count). The Bertz CT molecular complexity index is 904. The number of nitrogens with zero attached hydrogens (tertiary/aromatic N) is 1. The van der Waals surface area contributed by atoms with Crippen molar-refractivity contribution >= 4 is 23.2 Å². The molecule has 2 aromatic rings. The fourth-order valence-electron chi connectivity index (χ4n) is 3.74. The summed E-state index contributed by atoms with van der Waals surface area (Å²) in [6.07, 6.45) is 2.72. The third-order valence-electron chi connectivity index (χ3n) is 5.62. The Kier molecular flexibility index (Phi) is 6.66. The van der Waals surface area contributed by atoms with Gasteiger partial charge in [-0.15, -0.1) is 0 Å². The van der Waals surface area contributed by atoms with Crippen molar-refractivity contribution in [3.8, 4) is 6.07 Å². The zero-order valence-corrected chi connectivity index (χ0v) is 16.9. The van der Waals surface area contributed by atoms with Gasteiger partial charge in [0.1, 0.15) is 6.07 Å². The summed E-state index contributed by atoms with van der Waals surface area (Å²) in [5, 5.41) is 15.0. The third-order valence-corrected chi connectivity index (χ3v) is 5.62. The van der Waals surface area contributed by atoms with Crippen LogP contribution in [0.15, 0.2) is 48.5 Å². The third kappa shape index (κ3) is 5.23. The Morgan fingerprint density at radius 3 is 2.00 bits per heavy atom. The summed E-state index contributed by atoms with van der Waals surface area (Å²) in [5.74, 6) is 0.208. The maximum absolute atomic E-state index is 12.6. The van der Waals surface area contributed by atoms with Crippen molar-refractivity contribution in [3.05, 3.63) is 59.7 Å². The minimum Gasteiger partial charge on any atom is -0.326 e. The van der Waals surface area contributed by atoms with Gasteiger partial charge in [-0.25, -0.2) is 0 Å². The van der Waals surface area contributed by atoms with Crippen LogP contribution in [0.25, 0.3) is 0 Å².